The average molecular weight is 750 g/mol. The van der Waals surface area contributed by atoms with Gasteiger partial charge in [-0.3, -0.25) is 0 Å². The Morgan fingerprint density at radius 3 is 1.79 bits per heavy atom. The van der Waals surface area contributed by atoms with Gasteiger partial charge in [0.2, 0.25) is 0 Å². The molecule has 0 amide bonds. The van der Waals surface area contributed by atoms with E-state index < -0.39 is 0 Å². The fraction of sp³-hybridized carbons (Fsp3) is 0. The van der Waals surface area contributed by atoms with Crippen LogP contribution in [0, 0.1) is 0 Å². The van der Waals surface area contributed by atoms with Crippen molar-refractivity contribution < 1.29 is 8.83 Å². The molecule has 0 saturated carbocycles. The summed E-state index contributed by atoms with van der Waals surface area (Å²) < 4.78 is 15.5. The molecule has 266 valence electrons. The summed E-state index contributed by atoms with van der Waals surface area (Å²) in [6, 6.07) is 55.2. The Kier molecular flexibility index (Phi) is 6.96. The van der Waals surface area contributed by atoms with Gasteiger partial charge >= 0.3 is 0 Å². The first-order valence-electron chi connectivity index (χ1n) is 18.7. The van der Waals surface area contributed by atoms with Gasteiger partial charge in [0, 0.05) is 58.6 Å². The SMILES string of the molecule is c1ccc(-c2nc(-c3cccc4c3sc3ccccc34)nc(-c3cccc4oc5c(-c6nc(-c7ccccc7)c7oc8ccccc8c7n6)cccc5c34)n2)cc1. The van der Waals surface area contributed by atoms with E-state index in [0.29, 0.717) is 40.0 Å². The van der Waals surface area contributed by atoms with Crippen LogP contribution in [-0.4, -0.2) is 24.9 Å². The van der Waals surface area contributed by atoms with Crippen LogP contribution in [0.1, 0.15) is 0 Å². The van der Waals surface area contributed by atoms with Crippen LogP contribution in [0.25, 0.3) is 121 Å². The van der Waals surface area contributed by atoms with Crippen LogP contribution >= 0.6 is 11.3 Å². The zero-order valence-corrected chi connectivity index (χ0v) is 30.9. The van der Waals surface area contributed by atoms with Crippen LogP contribution < -0.4 is 0 Å². The van der Waals surface area contributed by atoms with Gasteiger partial charge in [-0.25, -0.2) is 24.9 Å². The Hall–Kier alpha value is -7.55. The Morgan fingerprint density at radius 2 is 0.947 bits per heavy atom. The molecule has 5 aromatic heterocycles. The normalized spacial score (nSPS) is 11.9. The molecule has 12 rings (SSSR count). The molecule has 8 heteroatoms. The molecule has 5 heterocycles. The lowest BCUT2D eigenvalue weighted by atomic mass is 10.0. The molecule has 0 unspecified atom stereocenters. The van der Waals surface area contributed by atoms with E-state index in [1.165, 1.54) is 15.5 Å². The highest BCUT2D eigenvalue weighted by Crippen LogP contribution is 2.43. The summed E-state index contributed by atoms with van der Waals surface area (Å²) >= 11 is 1.76. The number of thiophene rings is 1. The lowest BCUT2D eigenvalue weighted by Gasteiger charge is -2.10. The van der Waals surface area contributed by atoms with Crippen molar-refractivity contribution in [3.05, 3.63) is 164 Å². The second-order valence-corrected chi connectivity index (χ2v) is 15.0. The Bertz CT molecular complexity index is 3540. The minimum Gasteiger partial charge on any atom is -0.455 e. The number of fused-ring (bicyclic) bond motifs is 9. The number of benzene rings is 7. The Morgan fingerprint density at radius 1 is 0.368 bits per heavy atom. The third-order valence-electron chi connectivity index (χ3n) is 10.6. The fourth-order valence-electron chi connectivity index (χ4n) is 7.97. The molecule has 0 radical (unpaired) electrons. The van der Waals surface area contributed by atoms with Crippen molar-refractivity contribution in [2.75, 3.05) is 0 Å². The van der Waals surface area contributed by atoms with Crippen molar-refractivity contribution in [1.29, 1.82) is 0 Å². The van der Waals surface area contributed by atoms with Gasteiger partial charge in [-0.1, -0.05) is 127 Å². The number of hydrogen-bond acceptors (Lipinski definition) is 8. The van der Waals surface area contributed by atoms with Gasteiger partial charge in [-0.2, -0.15) is 0 Å². The van der Waals surface area contributed by atoms with Gasteiger partial charge in [0.05, 0.1) is 5.56 Å². The standard InChI is InChI=1S/C49H27N5O2S/c1-3-14-28(15-4-1)41-44-42(32-19-7-9-25-37(32)55-44)51-48(50-41)35-23-12-21-33-40-34(22-13-26-38(40)56-43(33)35)47-52-46(29-16-5-2-6-17-29)53-49(54-47)36-24-11-20-31-30-18-8-10-27-39(30)57-45(31)36/h1-27H. The van der Waals surface area contributed by atoms with E-state index >= 15 is 0 Å². The van der Waals surface area contributed by atoms with Gasteiger partial charge in [0.15, 0.2) is 28.9 Å². The van der Waals surface area contributed by atoms with Gasteiger partial charge in [0.25, 0.3) is 0 Å². The van der Waals surface area contributed by atoms with Crippen LogP contribution in [0.2, 0.25) is 0 Å². The van der Waals surface area contributed by atoms with Gasteiger partial charge in [-0.05, 0) is 36.4 Å². The maximum atomic E-state index is 6.77. The van der Waals surface area contributed by atoms with Crippen LogP contribution in [-0.2, 0) is 0 Å². The third-order valence-corrected chi connectivity index (χ3v) is 11.8. The van der Waals surface area contributed by atoms with Crippen molar-refractivity contribution in [2.45, 2.75) is 0 Å². The molecule has 57 heavy (non-hydrogen) atoms. The molecule has 0 aliphatic rings. The average Bonchev–Trinajstić information content (AvgIpc) is 3.98. The zero-order chi connectivity index (χ0) is 37.5. The van der Waals surface area contributed by atoms with Crippen LogP contribution in [0.3, 0.4) is 0 Å². The summed E-state index contributed by atoms with van der Waals surface area (Å²) in [5, 5.41) is 5.16. The van der Waals surface area contributed by atoms with E-state index in [9.17, 15) is 0 Å². The molecule has 12 aromatic rings. The predicted molar refractivity (Wildman–Crippen MR) is 230 cm³/mol. The Balaban J connectivity index is 1.09. The summed E-state index contributed by atoms with van der Waals surface area (Å²) in [5.41, 5.74) is 8.71. The van der Waals surface area contributed by atoms with E-state index in [-0.39, 0.29) is 0 Å². The van der Waals surface area contributed by atoms with Crippen molar-refractivity contribution in [1.82, 2.24) is 24.9 Å². The van der Waals surface area contributed by atoms with Gasteiger partial charge in [-0.15, -0.1) is 11.3 Å². The Labute approximate surface area is 328 Å². The number of nitrogens with zero attached hydrogens (tertiary/aromatic N) is 5. The highest BCUT2D eigenvalue weighted by Gasteiger charge is 2.23. The quantitative estimate of drug-likeness (QED) is 0.173. The summed E-state index contributed by atoms with van der Waals surface area (Å²) in [4.78, 5) is 25.8. The van der Waals surface area contributed by atoms with E-state index in [0.717, 1.165) is 65.5 Å². The molecule has 0 aliphatic carbocycles. The zero-order valence-electron chi connectivity index (χ0n) is 30.0. The van der Waals surface area contributed by atoms with Crippen molar-refractivity contribution >= 4 is 75.5 Å². The number of aromatic nitrogens is 5. The monoisotopic (exact) mass is 749 g/mol. The fourth-order valence-corrected chi connectivity index (χ4v) is 9.18. The van der Waals surface area contributed by atoms with E-state index in [2.05, 4.69) is 54.6 Å². The van der Waals surface area contributed by atoms with Crippen LogP contribution in [0.4, 0.5) is 0 Å². The first-order valence-corrected chi connectivity index (χ1v) is 19.5. The van der Waals surface area contributed by atoms with E-state index in [4.69, 9.17) is 33.8 Å². The second kappa shape index (κ2) is 12.5. The number of furan rings is 2. The molecular formula is C49H27N5O2S. The number of para-hydroxylation sites is 2. The summed E-state index contributed by atoms with van der Waals surface area (Å²) in [6.07, 6.45) is 0. The lowest BCUT2D eigenvalue weighted by Crippen LogP contribution is -2.00. The minimum atomic E-state index is 0.546. The van der Waals surface area contributed by atoms with E-state index in [1.54, 1.807) is 11.3 Å². The third kappa shape index (κ3) is 5.01. The molecule has 0 fully saturated rings. The molecule has 0 N–H and O–H groups in total. The number of hydrogen-bond donors (Lipinski definition) is 0. The number of rotatable bonds is 5. The predicted octanol–water partition coefficient (Wildman–Crippen LogP) is 13.2. The molecule has 0 spiro atoms. The maximum Gasteiger partial charge on any atom is 0.180 e. The highest BCUT2D eigenvalue weighted by molar-refractivity contribution is 7.26. The first kappa shape index (κ1) is 31.8. The van der Waals surface area contributed by atoms with Crippen LogP contribution in [0.15, 0.2) is 173 Å². The van der Waals surface area contributed by atoms with Gasteiger partial charge in [0.1, 0.15) is 28.0 Å². The van der Waals surface area contributed by atoms with Crippen molar-refractivity contribution in [3.63, 3.8) is 0 Å². The van der Waals surface area contributed by atoms with Gasteiger partial charge < -0.3 is 8.83 Å². The first-order chi connectivity index (χ1) is 28.2. The van der Waals surface area contributed by atoms with E-state index in [1.807, 2.05) is 109 Å². The largest absolute Gasteiger partial charge is 0.455 e. The topological polar surface area (TPSA) is 90.7 Å². The molecule has 0 aliphatic heterocycles. The summed E-state index contributed by atoms with van der Waals surface area (Å²) in [7, 11) is 0. The second-order valence-electron chi connectivity index (χ2n) is 14.0. The molecule has 0 bridgehead atoms. The maximum absolute atomic E-state index is 6.77. The minimum absolute atomic E-state index is 0.546. The smallest absolute Gasteiger partial charge is 0.180 e. The molecule has 0 atom stereocenters. The molecule has 7 nitrogen and oxygen atoms in total. The molecule has 0 saturated heterocycles. The molecular weight excluding hydrogens is 723 g/mol. The van der Waals surface area contributed by atoms with Crippen molar-refractivity contribution in [2.24, 2.45) is 0 Å². The molecule has 7 aromatic carbocycles. The highest BCUT2D eigenvalue weighted by atomic mass is 32.1. The van der Waals surface area contributed by atoms with Crippen LogP contribution in [0.5, 0.6) is 0 Å². The summed E-state index contributed by atoms with van der Waals surface area (Å²) in [6.45, 7) is 0. The van der Waals surface area contributed by atoms with Crippen molar-refractivity contribution in [3.8, 4) is 56.8 Å². The summed E-state index contributed by atoms with van der Waals surface area (Å²) in [5.74, 6) is 2.32. The lowest BCUT2D eigenvalue weighted by molar-refractivity contribution is 0.666.